The predicted octanol–water partition coefficient (Wildman–Crippen LogP) is 4.14. The van der Waals surface area contributed by atoms with Crippen molar-refractivity contribution in [1.82, 2.24) is 4.57 Å². The lowest BCUT2D eigenvalue weighted by atomic mass is 10.1. The molecule has 110 valence electrons. The molecule has 1 aliphatic carbocycles. The Kier molecular flexibility index (Phi) is 3.32. The molecule has 1 aromatic carbocycles. The number of hydrogen-bond acceptors (Lipinski definition) is 1. The van der Waals surface area contributed by atoms with Gasteiger partial charge in [-0.2, -0.15) is 0 Å². The quantitative estimate of drug-likeness (QED) is 0.904. The van der Waals surface area contributed by atoms with E-state index < -0.39 is 0 Å². The lowest BCUT2D eigenvalue weighted by molar-refractivity contribution is 0.102. The van der Waals surface area contributed by atoms with Gasteiger partial charge in [0.1, 0.15) is 5.82 Å². The monoisotopic (exact) mass is 286 g/mol. The van der Waals surface area contributed by atoms with Crippen molar-refractivity contribution >= 4 is 11.6 Å². The maximum atomic E-state index is 13.1. The minimum absolute atomic E-state index is 0.135. The van der Waals surface area contributed by atoms with Crippen LogP contribution >= 0.6 is 0 Å². The minimum atomic E-state index is -0.294. The summed E-state index contributed by atoms with van der Waals surface area (Å²) in [7, 11) is 0. The molecule has 1 N–H and O–H groups in total. The predicted molar refractivity (Wildman–Crippen MR) is 81.3 cm³/mol. The summed E-state index contributed by atoms with van der Waals surface area (Å²) in [4.78, 5) is 12.5. The molecule has 0 bridgehead atoms. The Morgan fingerprint density at radius 1 is 1.24 bits per heavy atom. The third kappa shape index (κ3) is 2.58. The number of amides is 1. The van der Waals surface area contributed by atoms with Crippen LogP contribution in [0.25, 0.3) is 0 Å². The summed E-state index contributed by atoms with van der Waals surface area (Å²) in [5.74, 6) is -0.429. The summed E-state index contributed by atoms with van der Waals surface area (Å²) < 4.78 is 15.4. The van der Waals surface area contributed by atoms with E-state index >= 15 is 0 Å². The normalized spacial score (nSPS) is 14.3. The number of nitrogens with zero attached hydrogens (tertiary/aromatic N) is 1. The van der Waals surface area contributed by atoms with Crippen molar-refractivity contribution in [3.8, 4) is 0 Å². The molecule has 0 spiro atoms. The molecule has 0 radical (unpaired) electrons. The van der Waals surface area contributed by atoms with Gasteiger partial charge in [0.15, 0.2) is 0 Å². The molecular weight excluding hydrogens is 267 g/mol. The minimum Gasteiger partial charge on any atom is -0.345 e. The van der Waals surface area contributed by atoms with Gasteiger partial charge < -0.3 is 9.88 Å². The molecule has 0 aliphatic heterocycles. The summed E-state index contributed by atoms with van der Waals surface area (Å²) in [6, 6.07) is 6.86. The van der Waals surface area contributed by atoms with Crippen LogP contribution < -0.4 is 5.32 Å². The molecule has 1 heterocycles. The van der Waals surface area contributed by atoms with Gasteiger partial charge >= 0.3 is 0 Å². The van der Waals surface area contributed by atoms with Gasteiger partial charge in [-0.3, -0.25) is 4.79 Å². The van der Waals surface area contributed by atoms with E-state index in [1.165, 1.54) is 25.0 Å². The molecule has 3 rings (SSSR count). The van der Waals surface area contributed by atoms with Crippen LogP contribution in [0.2, 0.25) is 0 Å². The lowest BCUT2D eigenvalue weighted by Crippen LogP contribution is -2.14. The van der Waals surface area contributed by atoms with Crippen LogP contribution in [0.5, 0.6) is 0 Å². The topological polar surface area (TPSA) is 34.0 Å². The molecule has 3 nitrogen and oxygen atoms in total. The van der Waals surface area contributed by atoms with Crippen molar-refractivity contribution in [2.24, 2.45) is 0 Å². The Morgan fingerprint density at radius 3 is 2.57 bits per heavy atom. The largest absolute Gasteiger partial charge is 0.345 e. The van der Waals surface area contributed by atoms with Gasteiger partial charge in [-0.05, 0) is 63.4 Å². The Morgan fingerprint density at radius 2 is 1.95 bits per heavy atom. The van der Waals surface area contributed by atoms with Gasteiger partial charge in [-0.1, -0.05) is 0 Å². The second kappa shape index (κ2) is 5.02. The van der Waals surface area contributed by atoms with E-state index in [1.54, 1.807) is 13.0 Å². The number of hydrogen-bond donors (Lipinski definition) is 1. The van der Waals surface area contributed by atoms with Crippen LogP contribution in [-0.2, 0) is 0 Å². The van der Waals surface area contributed by atoms with Crippen LogP contribution in [0.15, 0.2) is 24.3 Å². The number of carbonyl (C=O) groups excluding carboxylic acids is 1. The molecule has 1 aliphatic rings. The third-order valence-electron chi connectivity index (χ3n) is 4.08. The van der Waals surface area contributed by atoms with Crippen LogP contribution in [0.3, 0.4) is 0 Å². The molecule has 21 heavy (non-hydrogen) atoms. The molecule has 0 unspecified atom stereocenters. The fourth-order valence-electron chi connectivity index (χ4n) is 2.86. The Balaban J connectivity index is 1.87. The first-order chi connectivity index (χ1) is 9.97. The van der Waals surface area contributed by atoms with Crippen molar-refractivity contribution in [1.29, 1.82) is 0 Å². The van der Waals surface area contributed by atoms with E-state index in [4.69, 9.17) is 0 Å². The molecule has 1 amide bonds. The summed E-state index contributed by atoms with van der Waals surface area (Å²) >= 11 is 0. The van der Waals surface area contributed by atoms with E-state index in [0.29, 0.717) is 17.3 Å². The fourth-order valence-corrected chi connectivity index (χ4v) is 2.86. The zero-order valence-corrected chi connectivity index (χ0v) is 12.5. The second-order valence-electron chi connectivity index (χ2n) is 5.80. The molecule has 4 heteroatoms. The molecule has 0 atom stereocenters. The van der Waals surface area contributed by atoms with Crippen LogP contribution in [0.1, 0.15) is 46.2 Å². The average Bonchev–Trinajstić information content (AvgIpc) is 3.19. The van der Waals surface area contributed by atoms with Gasteiger partial charge in [0.25, 0.3) is 5.91 Å². The first-order valence-corrected chi connectivity index (χ1v) is 7.23. The molecule has 2 aromatic rings. The first-order valence-electron chi connectivity index (χ1n) is 7.23. The van der Waals surface area contributed by atoms with Crippen molar-refractivity contribution in [3.63, 3.8) is 0 Å². The van der Waals surface area contributed by atoms with Crippen LogP contribution in [0, 0.1) is 26.6 Å². The average molecular weight is 286 g/mol. The van der Waals surface area contributed by atoms with Crippen LogP contribution in [0.4, 0.5) is 10.1 Å². The van der Waals surface area contributed by atoms with Crippen molar-refractivity contribution < 1.29 is 9.18 Å². The Labute approximate surface area is 123 Å². The summed E-state index contributed by atoms with van der Waals surface area (Å²) in [6.45, 7) is 5.80. The van der Waals surface area contributed by atoms with E-state index in [9.17, 15) is 9.18 Å². The Bertz CT molecular complexity index is 714. The van der Waals surface area contributed by atoms with Crippen molar-refractivity contribution in [2.45, 2.75) is 39.7 Å². The molecule has 1 fully saturated rings. The Hall–Kier alpha value is -2.10. The highest BCUT2D eigenvalue weighted by molar-refractivity contribution is 6.05. The number of anilines is 1. The molecule has 0 saturated heterocycles. The summed E-state index contributed by atoms with van der Waals surface area (Å²) in [5, 5.41) is 2.88. The molecule has 1 saturated carbocycles. The van der Waals surface area contributed by atoms with Crippen molar-refractivity contribution in [3.05, 3.63) is 52.6 Å². The number of benzene rings is 1. The fraction of sp³-hybridized carbons (Fsp3) is 0.353. The van der Waals surface area contributed by atoms with Gasteiger partial charge in [-0.25, -0.2) is 4.39 Å². The maximum absolute atomic E-state index is 13.1. The maximum Gasteiger partial charge on any atom is 0.257 e. The van der Waals surface area contributed by atoms with E-state index in [-0.39, 0.29) is 11.7 Å². The number of carbonyl (C=O) groups is 1. The summed E-state index contributed by atoms with van der Waals surface area (Å²) in [5.41, 5.74) is 4.20. The van der Waals surface area contributed by atoms with Gasteiger partial charge in [0.2, 0.25) is 0 Å². The molecule has 1 aromatic heterocycles. The van der Waals surface area contributed by atoms with E-state index in [1.807, 2.05) is 19.9 Å². The van der Waals surface area contributed by atoms with Gasteiger partial charge in [0, 0.05) is 23.1 Å². The standard InChI is InChI=1S/C17H19FN2O/c1-10-8-13(18)4-7-16(10)19-17(21)15-9-11(2)20(12(15)3)14-5-6-14/h4,7-9,14H,5-6H2,1-3H3,(H,19,21). The highest BCUT2D eigenvalue weighted by atomic mass is 19.1. The number of nitrogens with one attached hydrogen (secondary N) is 1. The van der Waals surface area contributed by atoms with E-state index in [2.05, 4.69) is 9.88 Å². The third-order valence-corrected chi connectivity index (χ3v) is 4.08. The van der Waals surface area contributed by atoms with Crippen molar-refractivity contribution in [2.75, 3.05) is 5.32 Å². The second-order valence-corrected chi connectivity index (χ2v) is 5.80. The highest BCUT2D eigenvalue weighted by Gasteiger charge is 2.28. The molecular formula is C17H19FN2O. The summed E-state index contributed by atoms with van der Waals surface area (Å²) in [6.07, 6.45) is 2.38. The number of aromatic nitrogens is 1. The first kappa shape index (κ1) is 13.9. The smallest absolute Gasteiger partial charge is 0.257 e. The number of aryl methyl sites for hydroxylation is 2. The SMILES string of the molecule is Cc1cc(F)ccc1NC(=O)c1cc(C)n(C2CC2)c1C. The van der Waals surface area contributed by atoms with E-state index in [0.717, 1.165) is 17.0 Å². The zero-order valence-electron chi connectivity index (χ0n) is 12.5. The zero-order chi connectivity index (χ0) is 15.1. The number of halogens is 1. The lowest BCUT2D eigenvalue weighted by Gasteiger charge is -2.10. The highest BCUT2D eigenvalue weighted by Crippen LogP contribution is 2.38. The van der Waals surface area contributed by atoms with Gasteiger partial charge in [-0.15, -0.1) is 0 Å². The van der Waals surface area contributed by atoms with Gasteiger partial charge in [0.05, 0.1) is 5.56 Å². The van der Waals surface area contributed by atoms with Crippen LogP contribution in [-0.4, -0.2) is 10.5 Å². The number of rotatable bonds is 3.